The lowest BCUT2D eigenvalue weighted by Crippen LogP contribution is -2.43. The fourth-order valence-corrected chi connectivity index (χ4v) is 2.48. The standard InChI is InChI=1S/C12H25NO/c1-4-5-8-12(14)9-6-7-11(10-12)13(2)3/h11,14H,4-10H2,1-3H3/t11-,12-/m1/s1. The van der Waals surface area contributed by atoms with E-state index < -0.39 is 0 Å². The van der Waals surface area contributed by atoms with E-state index in [9.17, 15) is 5.11 Å². The third-order valence-electron chi connectivity index (χ3n) is 3.52. The highest BCUT2D eigenvalue weighted by molar-refractivity contribution is 4.89. The minimum atomic E-state index is -0.358. The van der Waals surface area contributed by atoms with Crippen LogP contribution in [-0.2, 0) is 0 Å². The van der Waals surface area contributed by atoms with E-state index in [0.717, 1.165) is 25.7 Å². The highest BCUT2D eigenvalue weighted by atomic mass is 16.3. The summed E-state index contributed by atoms with van der Waals surface area (Å²) in [5.74, 6) is 0. The van der Waals surface area contributed by atoms with E-state index in [0.29, 0.717) is 6.04 Å². The summed E-state index contributed by atoms with van der Waals surface area (Å²) in [6.45, 7) is 2.19. The Morgan fingerprint density at radius 2 is 2.14 bits per heavy atom. The molecule has 2 heteroatoms. The summed E-state index contributed by atoms with van der Waals surface area (Å²) in [6, 6.07) is 0.589. The molecule has 0 unspecified atom stereocenters. The maximum absolute atomic E-state index is 10.4. The van der Waals surface area contributed by atoms with Crippen molar-refractivity contribution in [2.24, 2.45) is 0 Å². The van der Waals surface area contributed by atoms with E-state index in [1.165, 1.54) is 19.3 Å². The third-order valence-corrected chi connectivity index (χ3v) is 3.52. The Labute approximate surface area is 88.3 Å². The van der Waals surface area contributed by atoms with Crippen molar-refractivity contribution in [3.05, 3.63) is 0 Å². The van der Waals surface area contributed by atoms with Gasteiger partial charge in [0.2, 0.25) is 0 Å². The summed E-state index contributed by atoms with van der Waals surface area (Å²) in [6.07, 6.45) is 7.77. The van der Waals surface area contributed by atoms with Crippen LogP contribution in [-0.4, -0.2) is 35.7 Å². The summed E-state index contributed by atoms with van der Waals surface area (Å²) in [4.78, 5) is 2.26. The highest BCUT2D eigenvalue weighted by Crippen LogP contribution is 2.33. The van der Waals surface area contributed by atoms with Crippen LogP contribution >= 0.6 is 0 Å². The fourth-order valence-electron chi connectivity index (χ4n) is 2.48. The molecule has 2 atom stereocenters. The van der Waals surface area contributed by atoms with Crippen LogP contribution in [0, 0.1) is 0 Å². The molecule has 2 nitrogen and oxygen atoms in total. The highest BCUT2D eigenvalue weighted by Gasteiger charge is 2.34. The lowest BCUT2D eigenvalue weighted by molar-refractivity contribution is -0.0308. The van der Waals surface area contributed by atoms with Gasteiger partial charge in [-0.2, -0.15) is 0 Å². The smallest absolute Gasteiger partial charge is 0.0662 e. The second-order valence-electron chi connectivity index (χ2n) is 5.04. The maximum atomic E-state index is 10.4. The average Bonchev–Trinajstić information content (AvgIpc) is 2.15. The molecule has 0 heterocycles. The Hall–Kier alpha value is -0.0800. The summed E-state index contributed by atoms with van der Waals surface area (Å²) in [5.41, 5.74) is -0.358. The van der Waals surface area contributed by atoms with Crippen molar-refractivity contribution < 1.29 is 5.11 Å². The van der Waals surface area contributed by atoms with Crippen LogP contribution in [0.4, 0.5) is 0 Å². The second-order valence-corrected chi connectivity index (χ2v) is 5.04. The van der Waals surface area contributed by atoms with E-state index in [2.05, 4.69) is 25.9 Å². The predicted molar refractivity (Wildman–Crippen MR) is 60.4 cm³/mol. The number of hydrogen-bond acceptors (Lipinski definition) is 2. The van der Waals surface area contributed by atoms with E-state index in [4.69, 9.17) is 0 Å². The topological polar surface area (TPSA) is 23.5 Å². The zero-order valence-electron chi connectivity index (χ0n) is 9.92. The van der Waals surface area contributed by atoms with Crippen molar-refractivity contribution >= 4 is 0 Å². The molecule has 0 amide bonds. The van der Waals surface area contributed by atoms with Gasteiger partial charge >= 0.3 is 0 Å². The monoisotopic (exact) mass is 199 g/mol. The van der Waals surface area contributed by atoms with Crippen LogP contribution in [0.1, 0.15) is 51.9 Å². The molecule has 84 valence electrons. The quantitative estimate of drug-likeness (QED) is 0.751. The van der Waals surface area contributed by atoms with Crippen molar-refractivity contribution in [3.63, 3.8) is 0 Å². The van der Waals surface area contributed by atoms with E-state index in [-0.39, 0.29) is 5.60 Å². The van der Waals surface area contributed by atoms with Gasteiger partial charge in [0.25, 0.3) is 0 Å². The minimum Gasteiger partial charge on any atom is -0.390 e. The molecule has 0 spiro atoms. The Balaban J connectivity index is 2.44. The molecular weight excluding hydrogens is 174 g/mol. The van der Waals surface area contributed by atoms with Crippen molar-refractivity contribution in [3.8, 4) is 0 Å². The van der Waals surface area contributed by atoms with Crippen LogP contribution in [0.25, 0.3) is 0 Å². The lowest BCUT2D eigenvalue weighted by Gasteiger charge is -2.39. The zero-order chi connectivity index (χ0) is 10.6. The van der Waals surface area contributed by atoms with Crippen LogP contribution in [0.3, 0.4) is 0 Å². The SMILES string of the molecule is CCCC[C@@]1(O)CCC[C@@H](N(C)C)C1. The number of nitrogens with zero attached hydrogens (tertiary/aromatic N) is 1. The van der Waals surface area contributed by atoms with Crippen molar-refractivity contribution in [2.45, 2.75) is 63.5 Å². The molecule has 0 bridgehead atoms. The number of rotatable bonds is 4. The largest absolute Gasteiger partial charge is 0.390 e. The van der Waals surface area contributed by atoms with Crippen LogP contribution in [0.2, 0.25) is 0 Å². The first-order valence-corrected chi connectivity index (χ1v) is 5.96. The molecule has 0 radical (unpaired) electrons. The molecule has 1 aliphatic rings. The maximum Gasteiger partial charge on any atom is 0.0662 e. The molecule has 14 heavy (non-hydrogen) atoms. The fraction of sp³-hybridized carbons (Fsp3) is 1.00. The van der Waals surface area contributed by atoms with Gasteiger partial charge < -0.3 is 10.0 Å². The van der Waals surface area contributed by atoms with E-state index in [1.807, 2.05) is 0 Å². The van der Waals surface area contributed by atoms with Gasteiger partial charge in [0.05, 0.1) is 5.60 Å². The normalized spacial score (nSPS) is 33.6. The molecule has 0 aliphatic heterocycles. The lowest BCUT2D eigenvalue weighted by atomic mass is 9.78. The Kier molecular flexibility index (Phi) is 4.39. The molecule has 1 N–H and O–H groups in total. The minimum absolute atomic E-state index is 0.358. The third kappa shape index (κ3) is 3.25. The summed E-state index contributed by atoms with van der Waals surface area (Å²) in [7, 11) is 4.24. The zero-order valence-corrected chi connectivity index (χ0v) is 9.92. The van der Waals surface area contributed by atoms with Gasteiger partial charge in [0.1, 0.15) is 0 Å². The molecule has 0 saturated heterocycles. The van der Waals surface area contributed by atoms with Gasteiger partial charge in [-0.15, -0.1) is 0 Å². The van der Waals surface area contributed by atoms with Gasteiger partial charge in [-0.25, -0.2) is 0 Å². The van der Waals surface area contributed by atoms with Gasteiger partial charge in [0.15, 0.2) is 0 Å². The number of aliphatic hydroxyl groups is 1. The second kappa shape index (κ2) is 5.13. The first-order valence-electron chi connectivity index (χ1n) is 5.96. The van der Waals surface area contributed by atoms with Crippen molar-refractivity contribution in [1.29, 1.82) is 0 Å². The van der Waals surface area contributed by atoms with Gasteiger partial charge in [-0.1, -0.05) is 19.8 Å². The van der Waals surface area contributed by atoms with Crippen molar-refractivity contribution in [2.75, 3.05) is 14.1 Å². The predicted octanol–water partition coefficient (Wildman–Crippen LogP) is 2.41. The first-order chi connectivity index (χ1) is 6.57. The molecule has 1 rings (SSSR count). The van der Waals surface area contributed by atoms with Crippen LogP contribution < -0.4 is 0 Å². The van der Waals surface area contributed by atoms with Crippen LogP contribution in [0.15, 0.2) is 0 Å². The van der Waals surface area contributed by atoms with E-state index in [1.54, 1.807) is 0 Å². The molecule has 0 aromatic carbocycles. The Morgan fingerprint density at radius 1 is 1.43 bits per heavy atom. The van der Waals surface area contributed by atoms with Gasteiger partial charge in [-0.05, 0) is 46.2 Å². The van der Waals surface area contributed by atoms with Crippen molar-refractivity contribution in [1.82, 2.24) is 4.90 Å². The first kappa shape index (κ1) is 12.0. The summed E-state index contributed by atoms with van der Waals surface area (Å²) < 4.78 is 0. The molecule has 1 saturated carbocycles. The molecule has 0 aromatic heterocycles. The molecule has 1 fully saturated rings. The Bertz CT molecular complexity index is 170. The summed E-state index contributed by atoms with van der Waals surface area (Å²) >= 11 is 0. The van der Waals surface area contributed by atoms with Gasteiger partial charge in [0, 0.05) is 6.04 Å². The molecular formula is C12H25NO. The molecule has 1 aliphatic carbocycles. The number of hydrogen-bond donors (Lipinski definition) is 1. The summed E-state index contributed by atoms with van der Waals surface area (Å²) in [5, 5.41) is 10.4. The Morgan fingerprint density at radius 3 is 2.71 bits per heavy atom. The number of unbranched alkanes of at least 4 members (excludes halogenated alkanes) is 1. The van der Waals surface area contributed by atoms with Gasteiger partial charge in [-0.3, -0.25) is 0 Å². The average molecular weight is 199 g/mol. The molecule has 0 aromatic rings. The van der Waals surface area contributed by atoms with Crippen LogP contribution in [0.5, 0.6) is 0 Å². The van der Waals surface area contributed by atoms with E-state index >= 15 is 0 Å².